The molecule has 106 valence electrons. The van der Waals surface area contributed by atoms with Crippen LogP contribution in [0.5, 0.6) is 5.75 Å². The number of aromatic nitrogens is 2. The van der Waals surface area contributed by atoms with Crippen molar-refractivity contribution in [3.05, 3.63) is 57.5 Å². The number of halogens is 1. The molecular formula is C14H16ClN3O2. The third-order valence-electron chi connectivity index (χ3n) is 2.58. The van der Waals surface area contributed by atoms with Crippen molar-refractivity contribution in [3.8, 4) is 5.75 Å². The van der Waals surface area contributed by atoms with Crippen molar-refractivity contribution in [2.45, 2.75) is 19.5 Å². The topological polar surface area (TPSA) is 70.1 Å². The van der Waals surface area contributed by atoms with Crippen LogP contribution in [-0.2, 0) is 6.54 Å². The van der Waals surface area contributed by atoms with E-state index in [1.165, 1.54) is 16.9 Å². The smallest absolute Gasteiger partial charge is 0.270 e. The molecule has 0 spiro atoms. The van der Waals surface area contributed by atoms with Crippen LogP contribution in [0.2, 0.25) is 5.02 Å². The van der Waals surface area contributed by atoms with E-state index in [-0.39, 0.29) is 11.6 Å². The Balaban J connectivity index is 2.12. The summed E-state index contributed by atoms with van der Waals surface area (Å²) in [7, 11) is 0. The lowest BCUT2D eigenvalue weighted by Gasteiger charge is -2.09. The van der Waals surface area contributed by atoms with E-state index in [9.17, 15) is 4.79 Å². The maximum Gasteiger partial charge on any atom is 0.270 e. The van der Waals surface area contributed by atoms with Gasteiger partial charge < -0.3 is 10.5 Å². The number of nitrogens with two attached hydrogens (primary N) is 1. The first kappa shape index (κ1) is 14.6. The van der Waals surface area contributed by atoms with Crippen LogP contribution in [0.3, 0.4) is 0 Å². The number of ether oxygens (including phenoxy) is 1. The number of hydrogen-bond donors (Lipinski definition) is 1. The minimum atomic E-state index is -0.229. The highest BCUT2D eigenvalue weighted by Crippen LogP contribution is 2.11. The second-order valence-corrected chi connectivity index (χ2v) is 5.04. The van der Waals surface area contributed by atoms with E-state index in [1.54, 1.807) is 12.1 Å². The Kier molecular flexibility index (Phi) is 4.76. The predicted octanol–water partition coefficient (Wildman–Crippen LogP) is 1.67. The summed E-state index contributed by atoms with van der Waals surface area (Å²) in [6.07, 6.45) is 1.51. The van der Waals surface area contributed by atoms with Crippen molar-refractivity contribution >= 4 is 11.6 Å². The fourth-order valence-corrected chi connectivity index (χ4v) is 1.86. The Morgan fingerprint density at radius 2 is 2.25 bits per heavy atom. The molecule has 20 heavy (non-hydrogen) atoms. The summed E-state index contributed by atoms with van der Waals surface area (Å²) < 4.78 is 6.70. The van der Waals surface area contributed by atoms with Gasteiger partial charge in [-0.05, 0) is 24.6 Å². The minimum Gasteiger partial charge on any atom is -0.490 e. The molecule has 0 fully saturated rings. The average Bonchev–Trinajstić information content (AvgIpc) is 2.39. The van der Waals surface area contributed by atoms with Gasteiger partial charge in [-0.2, -0.15) is 5.10 Å². The molecular weight excluding hydrogens is 278 g/mol. The van der Waals surface area contributed by atoms with Gasteiger partial charge in [0.1, 0.15) is 12.4 Å². The van der Waals surface area contributed by atoms with Crippen molar-refractivity contribution in [2.24, 2.45) is 5.73 Å². The monoisotopic (exact) mass is 293 g/mol. The molecule has 6 heteroatoms. The molecule has 0 saturated carbocycles. The lowest BCUT2D eigenvalue weighted by molar-refractivity contribution is 0.293. The first-order valence-corrected chi connectivity index (χ1v) is 6.62. The quantitative estimate of drug-likeness (QED) is 0.910. The van der Waals surface area contributed by atoms with E-state index >= 15 is 0 Å². The van der Waals surface area contributed by atoms with E-state index in [1.807, 2.05) is 19.1 Å². The van der Waals surface area contributed by atoms with Gasteiger partial charge >= 0.3 is 0 Å². The molecule has 2 aromatic rings. The maximum absolute atomic E-state index is 11.9. The van der Waals surface area contributed by atoms with Crippen LogP contribution < -0.4 is 16.0 Å². The molecule has 1 atom stereocenters. The number of benzene rings is 1. The number of hydrogen-bond acceptors (Lipinski definition) is 4. The Bertz CT molecular complexity index is 640. The van der Waals surface area contributed by atoms with Gasteiger partial charge in [-0.1, -0.05) is 23.7 Å². The van der Waals surface area contributed by atoms with Crippen LogP contribution in [0.25, 0.3) is 0 Å². The van der Waals surface area contributed by atoms with Gasteiger partial charge in [0.15, 0.2) is 0 Å². The predicted molar refractivity (Wildman–Crippen MR) is 78.2 cm³/mol. The van der Waals surface area contributed by atoms with Crippen molar-refractivity contribution in [1.82, 2.24) is 9.78 Å². The standard InChI is InChI=1S/C14H16ClN3O2/c1-10(16)9-20-13-6-14(19)18(17-7-13)8-11-3-2-4-12(15)5-11/h2-7,10H,8-9,16H2,1H3. The van der Waals surface area contributed by atoms with E-state index in [4.69, 9.17) is 22.1 Å². The van der Waals surface area contributed by atoms with Gasteiger partial charge in [-0.3, -0.25) is 4.79 Å². The molecule has 1 aromatic heterocycles. The number of rotatable bonds is 5. The third kappa shape index (κ3) is 4.08. The Morgan fingerprint density at radius 3 is 2.90 bits per heavy atom. The summed E-state index contributed by atoms with van der Waals surface area (Å²) in [6, 6.07) is 8.62. The van der Waals surface area contributed by atoms with E-state index in [0.717, 1.165) is 5.56 Å². The van der Waals surface area contributed by atoms with E-state index in [2.05, 4.69) is 5.10 Å². The van der Waals surface area contributed by atoms with E-state index in [0.29, 0.717) is 23.9 Å². The first-order chi connectivity index (χ1) is 9.54. The molecule has 0 bridgehead atoms. The lowest BCUT2D eigenvalue weighted by atomic mass is 10.2. The zero-order chi connectivity index (χ0) is 14.5. The SMILES string of the molecule is CC(N)COc1cnn(Cc2cccc(Cl)c2)c(=O)c1. The average molecular weight is 294 g/mol. The molecule has 0 aliphatic rings. The Labute approximate surface area is 121 Å². The molecule has 2 rings (SSSR count). The molecule has 0 amide bonds. The molecule has 1 aromatic carbocycles. The fourth-order valence-electron chi connectivity index (χ4n) is 1.65. The van der Waals surface area contributed by atoms with Crippen molar-refractivity contribution in [2.75, 3.05) is 6.61 Å². The fraction of sp³-hybridized carbons (Fsp3) is 0.286. The van der Waals surface area contributed by atoms with Gasteiger partial charge in [0.25, 0.3) is 5.56 Å². The van der Waals surface area contributed by atoms with Gasteiger partial charge in [0.05, 0.1) is 12.7 Å². The normalized spacial score (nSPS) is 12.2. The van der Waals surface area contributed by atoms with Crippen molar-refractivity contribution in [3.63, 3.8) is 0 Å². The zero-order valence-electron chi connectivity index (χ0n) is 11.1. The van der Waals surface area contributed by atoms with Crippen molar-refractivity contribution < 1.29 is 4.74 Å². The molecule has 2 N–H and O–H groups in total. The molecule has 0 radical (unpaired) electrons. The van der Waals surface area contributed by atoms with Crippen LogP contribution in [0.1, 0.15) is 12.5 Å². The number of nitrogens with zero attached hydrogens (tertiary/aromatic N) is 2. The molecule has 0 aliphatic heterocycles. The summed E-state index contributed by atoms with van der Waals surface area (Å²) in [5.74, 6) is 0.426. The lowest BCUT2D eigenvalue weighted by Crippen LogP contribution is -2.26. The van der Waals surface area contributed by atoms with Gasteiger partial charge in [0, 0.05) is 17.1 Å². The summed E-state index contributed by atoms with van der Waals surface area (Å²) in [6.45, 7) is 2.54. The molecule has 5 nitrogen and oxygen atoms in total. The van der Waals surface area contributed by atoms with Gasteiger partial charge in [-0.15, -0.1) is 0 Å². The Morgan fingerprint density at radius 1 is 1.45 bits per heavy atom. The third-order valence-corrected chi connectivity index (χ3v) is 2.81. The molecule has 0 saturated heterocycles. The Hall–Kier alpha value is -1.85. The minimum absolute atomic E-state index is 0.0936. The summed E-state index contributed by atoms with van der Waals surface area (Å²) in [4.78, 5) is 11.9. The second kappa shape index (κ2) is 6.54. The molecule has 1 heterocycles. The van der Waals surface area contributed by atoms with Crippen LogP contribution in [0, 0.1) is 0 Å². The van der Waals surface area contributed by atoms with Crippen LogP contribution in [0.4, 0.5) is 0 Å². The molecule has 1 unspecified atom stereocenters. The highest BCUT2D eigenvalue weighted by Gasteiger charge is 2.04. The highest BCUT2D eigenvalue weighted by atomic mass is 35.5. The maximum atomic E-state index is 11.9. The summed E-state index contributed by atoms with van der Waals surface area (Å²) in [5.41, 5.74) is 6.27. The molecule has 0 aliphatic carbocycles. The summed E-state index contributed by atoms with van der Waals surface area (Å²) in [5, 5.41) is 4.71. The highest BCUT2D eigenvalue weighted by molar-refractivity contribution is 6.30. The van der Waals surface area contributed by atoms with Crippen LogP contribution >= 0.6 is 11.6 Å². The summed E-state index contributed by atoms with van der Waals surface area (Å²) >= 11 is 5.91. The zero-order valence-corrected chi connectivity index (χ0v) is 11.9. The van der Waals surface area contributed by atoms with Crippen molar-refractivity contribution in [1.29, 1.82) is 0 Å². The largest absolute Gasteiger partial charge is 0.490 e. The first-order valence-electron chi connectivity index (χ1n) is 6.24. The van der Waals surface area contributed by atoms with E-state index < -0.39 is 0 Å². The van der Waals surface area contributed by atoms with Crippen LogP contribution in [0.15, 0.2) is 41.3 Å². The van der Waals surface area contributed by atoms with Gasteiger partial charge in [-0.25, -0.2) is 4.68 Å². The van der Waals surface area contributed by atoms with Gasteiger partial charge in [0.2, 0.25) is 0 Å². The second-order valence-electron chi connectivity index (χ2n) is 4.61. The van der Waals surface area contributed by atoms with Crippen LogP contribution in [-0.4, -0.2) is 22.4 Å².